The average Bonchev–Trinajstić information content (AvgIpc) is 2.64. The molecule has 0 aliphatic carbocycles. The molecule has 0 radical (unpaired) electrons. The Kier molecular flexibility index (Phi) is 15.8. The largest absolute Gasteiger partial charge is 0.270 e. The van der Waals surface area contributed by atoms with E-state index in [9.17, 15) is 8.42 Å². The van der Waals surface area contributed by atoms with Crippen LogP contribution in [-0.4, -0.2) is 55.7 Å². The summed E-state index contributed by atoms with van der Waals surface area (Å²) in [6, 6.07) is 0. The Balaban J connectivity index is 7.22. The Labute approximate surface area is 332 Å². The molecule has 0 bridgehead atoms. The highest BCUT2D eigenvalue weighted by atomic mass is 35.6. The van der Waals surface area contributed by atoms with Crippen molar-refractivity contribution < 1.29 is 12.6 Å². The normalized spacial score (nSPS) is 16.8. The van der Waals surface area contributed by atoms with E-state index in [4.69, 9.17) is 267 Å². The molecule has 0 spiro atoms. The van der Waals surface area contributed by atoms with E-state index in [0.29, 0.717) is 0 Å². The highest BCUT2D eigenvalue weighted by molar-refractivity contribution is 7.67. The Hall–Kier alpha value is 6.58. The molecule has 3 nitrogen and oxygen atoms in total. The molecule has 0 N–H and O–H groups in total. The SMILES string of the molecule is O=[SH](=O)OC(Cl)(Cl)C(Cl)(Cl)C(Cl)(Cl)C(Cl)(Cl)C(Cl)(Cl)C(Cl)(Cl)C(Cl)(Cl)C(Cl)(Cl)C(Cl)(Cl)C(Cl)(Cl)C(Cl)(Cl)Cl. The summed E-state index contributed by atoms with van der Waals surface area (Å²) in [7, 11) is -3.87. The zero-order valence-electron chi connectivity index (χ0n) is 15.9. The van der Waals surface area contributed by atoms with Crippen LogP contribution in [0.25, 0.3) is 0 Å². The summed E-state index contributed by atoms with van der Waals surface area (Å²) in [6.07, 6.45) is 0. The second-order valence-corrected chi connectivity index (χ2v) is 22.6. The van der Waals surface area contributed by atoms with Crippen molar-refractivity contribution >= 4 is 278 Å². The van der Waals surface area contributed by atoms with Gasteiger partial charge < -0.3 is 0 Å². The quantitative estimate of drug-likeness (QED) is 0.166. The Morgan fingerprint density at radius 2 is 0.500 bits per heavy atom. The van der Waals surface area contributed by atoms with Crippen molar-refractivity contribution in [1.82, 2.24) is 0 Å². The predicted molar refractivity (Wildman–Crippen MR) is 176 cm³/mol. The monoisotopic (exact) mass is 1020 g/mol. The molecule has 0 atom stereocenters. The molecule has 0 aliphatic heterocycles. The van der Waals surface area contributed by atoms with Gasteiger partial charge in [0.1, 0.15) is 0 Å². The van der Waals surface area contributed by atoms with Crippen LogP contribution in [-0.2, 0) is 15.2 Å². The maximum Gasteiger partial charge on any atom is 0.270 e. The van der Waals surface area contributed by atoms with Crippen LogP contribution < -0.4 is 0 Å². The summed E-state index contributed by atoms with van der Waals surface area (Å²) in [4.78, 5) is 0. The Bertz CT molecular complexity index is 950. The van der Waals surface area contributed by atoms with E-state index >= 15 is 0 Å². The lowest BCUT2D eigenvalue weighted by Crippen LogP contribution is -2.73. The molecule has 0 aliphatic rings. The number of halogens is 23. The van der Waals surface area contributed by atoms with Gasteiger partial charge in [0.15, 0.2) is 30.3 Å². The van der Waals surface area contributed by atoms with Crippen molar-refractivity contribution in [3.05, 3.63) is 0 Å². The molecule has 0 fully saturated rings. The van der Waals surface area contributed by atoms with Crippen LogP contribution in [0.2, 0.25) is 0 Å². The number of rotatable bonds is 11. The van der Waals surface area contributed by atoms with Gasteiger partial charge in [-0.25, -0.2) is 12.6 Å². The van der Waals surface area contributed by atoms with Gasteiger partial charge in [-0.15, -0.1) is 0 Å². The van der Waals surface area contributed by atoms with Gasteiger partial charge in [-0.3, -0.25) is 0 Å². The molecule has 0 aromatic carbocycles. The lowest BCUT2D eigenvalue weighted by atomic mass is 10.00. The summed E-state index contributed by atoms with van der Waals surface area (Å²) in [6.45, 7) is 0. The predicted octanol–water partition coefficient (Wildman–Crippen LogP) is 12.6. The molecule has 0 heterocycles. The summed E-state index contributed by atoms with van der Waals surface area (Å²) >= 11 is 140. The van der Waals surface area contributed by atoms with Crippen LogP contribution in [0.15, 0.2) is 0 Å². The second-order valence-electron chi connectivity index (χ2n) is 6.50. The molecular formula is C11HCl23O3S. The molecule has 0 saturated carbocycles. The second kappa shape index (κ2) is 13.5. The minimum absolute atomic E-state index is 2.77. The smallest absolute Gasteiger partial charge is 0.229 e. The van der Waals surface area contributed by atoms with Crippen LogP contribution in [0.1, 0.15) is 0 Å². The summed E-state index contributed by atoms with van der Waals surface area (Å²) in [5.74, 6) is 0. The summed E-state index contributed by atoms with van der Waals surface area (Å²) in [5, 5.41) is 0. The molecular weight excluding hydrogens is 1030 g/mol. The minimum Gasteiger partial charge on any atom is -0.229 e. The van der Waals surface area contributed by atoms with Gasteiger partial charge in [-0.1, -0.05) is 267 Å². The molecule has 0 amide bonds. The molecule has 0 aromatic rings. The van der Waals surface area contributed by atoms with Gasteiger partial charge in [-0.2, -0.15) is 0 Å². The zero-order valence-corrected chi connectivity index (χ0v) is 34.1. The van der Waals surface area contributed by atoms with Gasteiger partial charge in [-0.05, 0) is 0 Å². The number of thiol groups is 1. The summed E-state index contributed by atoms with van der Waals surface area (Å²) < 4.78 is -9.55. The van der Waals surface area contributed by atoms with Crippen molar-refractivity contribution in [2.75, 3.05) is 0 Å². The first kappa shape index (κ1) is 44.6. The van der Waals surface area contributed by atoms with Gasteiger partial charge in [0, 0.05) is 0 Å². The van der Waals surface area contributed by atoms with Gasteiger partial charge in [0.2, 0.25) is 12.5 Å². The zero-order chi connectivity index (χ0) is 31.8. The highest BCUT2D eigenvalue weighted by Gasteiger charge is 2.84. The van der Waals surface area contributed by atoms with E-state index in [1.807, 2.05) is 0 Å². The molecule has 0 unspecified atom stereocenters. The van der Waals surface area contributed by atoms with Gasteiger partial charge in [0.05, 0.1) is 0 Å². The molecule has 0 saturated heterocycles. The van der Waals surface area contributed by atoms with Crippen molar-refractivity contribution in [1.29, 1.82) is 0 Å². The van der Waals surface area contributed by atoms with Crippen LogP contribution >= 0.6 is 267 Å². The van der Waals surface area contributed by atoms with Crippen LogP contribution in [0.3, 0.4) is 0 Å². The molecule has 38 heavy (non-hydrogen) atoms. The summed E-state index contributed by atoms with van der Waals surface area (Å²) in [5.41, 5.74) is 0. The molecule has 0 rings (SSSR count). The van der Waals surface area contributed by atoms with Crippen LogP contribution in [0.5, 0.6) is 0 Å². The molecule has 27 heteroatoms. The van der Waals surface area contributed by atoms with Crippen LogP contribution in [0.4, 0.5) is 0 Å². The van der Waals surface area contributed by atoms with E-state index in [-0.39, 0.29) is 0 Å². The van der Waals surface area contributed by atoms with Crippen molar-refractivity contribution in [2.45, 2.75) is 47.3 Å². The number of alkyl halides is 23. The highest BCUT2D eigenvalue weighted by Crippen LogP contribution is 2.75. The Morgan fingerprint density at radius 3 is 0.684 bits per heavy atom. The first-order valence-corrected chi connectivity index (χ1v) is 17.4. The molecule has 230 valence electrons. The lowest BCUT2D eigenvalue weighted by molar-refractivity contribution is 0.223. The maximum absolute atomic E-state index is 11.0. The first-order chi connectivity index (χ1) is 15.9. The van der Waals surface area contributed by atoms with Gasteiger partial charge >= 0.3 is 0 Å². The van der Waals surface area contributed by atoms with Crippen molar-refractivity contribution in [2.24, 2.45) is 0 Å². The number of hydrogen-bond donors (Lipinski definition) is 1. The lowest BCUT2D eigenvalue weighted by Gasteiger charge is -2.56. The minimum atomic E-state index is -3.87. The topological polar surface area (TPSA) is 43.4 Å². The first-order valence-electron chi connectivity index (χ1n) is 7.60. The average molecular weight is 1030 g/mol. The third kappa shape index (κ3) is 7.13. The van der Waals surface area contributed by atoms with E-state index < -0.39 is 58.3 Å². The van der Waals surface area contributed by atoms with E-state index in [1.54, 1.807) is 0 Å². The maximum atomic E-state index is 11.0. The third-order valence-electron chi connectivity index (χ3n) is 4.07. The number of hydrogen-bond acceptors (Lipinski definition) is 3. The van der Waals surface area contributed by atoms with Crippen molar-refractivity contribution in [3.8, 4) is 0 Å². The standard InChI is InChI=1S/C11HCl23O3S/c12-1(13,2(14,15)4(18,19)6(22,23)8(26,27)10(30,31)32)3(16,17)5(20,21)7(24,25)9(28,29)11(33,34)37-38(35)36/h38H. The van der Waals surface area contributed by atoms with Crippen molar-refractivity contribution in [3.63, 3.8) is 0 Å². The fourth-order valence-electron chi connectivity index (χ4n) is 1.89. The molecule has 0 aromatic heterocycles. The van der Waals surface area contributed by atoms with Crippen LogP contribution in [0, 0.1) is 0 Å². The third-order valence-corrected chi connectivity index (χ3v) is 20.5. The van der Waals surface area contributed by atoms with E-state index in [2.05, 4.69) is 4.18 Å². The fraction of sp³-hybridized carbons (Fsp3) is 1.00. The van der Waals surface area contributed by atoms with E-state index in [1.165, 1.54) is 0 Å². The Morgan fingerprint density at radius 1 is 0.316 bits per heavy atom. The van der Waals surface area contributed by atoms with Gasteiger partial charge in [0.25, 0.3) is 15.5 Å². The fourth-order valence-corrected chi connectivity index (χ4v) is 9.80. The van der Waals surface area contributed by atoms with E-state index in [0.717, 1.165) is 0 Å².